The first kappa shape index (κ1) is 15.6. The van der Waals surface area contributed by atoms with Crippen molar-refractivity contribution in [1.82, 2.24) is 4.72 Å². The van der Waals surface area contributed by atoms with Gasteiger partial charge in [0.05, 0.1) is 16.0 Å². The lowest BCUT2D eigenvalue weighted by atomic mass is 10.1. The Hall–Kier alpha value is -0.820. The van der Waals surface area contributed by atoms with Gasteiger partial charge in [-0.3, -0.25) is 4.79 Å². The first-order valence-corrected chi connectivity index (χ1v) is 8.26. The molecule has 20 heavy (non-hydrogen) atoms. The zero-order chi connectivity index (χ0) is 14.9. The van der Waals surface area contributed by atoms with E-state index in [0.29, 0.717) is 19.3 Å². The van der Waals surface area contributed by atoms with E-state index in [1.807, 2.05) is 0 Å². The summed E-state index contributed by atoms with van der Waals surface area (Å²) in [6, 6.07) is 3.68. The average molecular weight is 338 g/mol. The minimum Gasteiger partial charge on any atom is -0.481 e. The monoisotopic (exact) mass is 337 g/mol. The average Bonchev–Trinajstić information content (AvgIpc) is 2.79. The number of carbonyl (C=O) groups is 1. The Morgan fingerprint density at radius 2 is 2.00 bits per heavy atom. The lowest BCUT2D eigenvalue weighted by Crippen LogP contribution is -2.40. The van der Waals surface area contributed by atoms with Crippen LogP contribution < -0.4 is 4.72 Å². The van der Waals surface area contributed by atoms with E-state index in [9.17, 15) is 13.2 Å². The predicted molar refractivity (Wildman–Crippen MR) is 75.5 cm³/mol. The number of carboxylic acid groups (broad SMARTS) is 1. The summed E-state index contributed by atoms with van der Waals surface area (Å²) in [4.78, 5) is 10.9. The number of sulfonamides is 1. The number of benzene rings is 1. The Kier molecular flexibility index (Phi) is 4.59. The van der Waals surface area contributed by atoms with E-state index in [0.717, 1.165) is 0 Å². The highest BCUT2D eigenvalue weighted by Crippen LogP contribution is 2.31. The molecule has 0 radical (unpaired) electrons. The number of rotatable bonds is 4. The van der Waals surface area contributed by atoms with Crippen molar-refractivity contribution < 1.29 is 18.3 Å². The third kappa shape index (κ3) is 3.09. The summed E-state index contributed by atoms with van der Waals surface area (Å²) < 4.78 is 27.0. The van der Waals surface area contributed by atoms with E-state index in [1.54, 1.807) is 0 Å². The van der Waals surface area contributed by atoms with Gasteiger partial charge in [-0.05, 0) is 25.0 Å². The molecular formula is C12H13Cl2NO4S. The second-order valence-electron chi connectivity index (χ2n) is 4.66. The fourth-order valence-corrected chi connectivity index (χ4v) is 4.42. The molecule has 0 spiro atoms. The van der Waals surface area contributed by atoms with Crippen molar-refractivity contribution in [3.05, 3.63) is 28.2 Å². The molecule has 2 rings (SSSR count). The number of hydrogen-bond donors (Lipinski definition) is 2. The number of hydrogen-bond acceptors (Lipinski definition) is 3. The van der Waals surface area contributed by atoms with Crippen LogP contribution in [-0.4, -0.2) is 25.5 Å². The molecule has 0 aromatic heterocycles. The lowest BCUT2D eigenvalue weighted by Gasteiger charge is -2.18. The SMILES string of the molecule is O=C(O)C1CCCC1NS(=O)(=O)c1cccc(Cl)c1Cl. The standard InChI is InChI=1S/C12H13Cl2NO4S/c13-8-4-2-6-10(11(8)14)20(18,19)15-9-5-1-3-7(9)12(16)17/h2,4,6-7,9,15H,1,3,5H2,(H,16,17). The Morgan fingerprint density at radius 1 is 1.30 bits per heavy atom. The predicted octanol–water partition coefficient (Wildman–Crippen LogP) is 2.53. The van der Waals surface area contributed by atoms with E-state index < -0.39 is 28.0 Å². The molecule has 0 bridgehead atoms. The van der Waals surface area contributed by atoms with Crippen LogP contribution in [0.5, 0.6) is 0 Å². The third-order valence-electron chi connectivity index (χ3n) is 3.35. The minimum absolute atomic E-state index is 0.0634. The normalized spacial score (nSPS) is 22.9. The maximum atomic E-state index is 12.3. The highest BCUT2D eigenvalue weighted by molar-refractivity contribution is 7.89. The molecule has 2 atom stereocenters. The second-order valence-corrected chi connectivity index (χ2v) is 7.12. The van der Waals surface area contributed by atoms with E-state index in [2.05, 4.69) is 4.72 Å². The first-order valence-electron chi connectivity index (χ1n) is 6.02. The number of carboxylic acids is 1. The van der Waals surface area contributed by atoms with Crippen LogP contribution in [0.15, 0.2) is 23.1 Å². The summed E-state index contributed by atoms with van der Waals surface area (Å²) >= 11 is 11.7. The van der Waals surface area contributed by atoms with Crippen molar-refractivity contribution in [2.75, 3.05) is 0 Å². The molecule has 1 aliphatic rings. The molecule has 0 saturated heterocycles. The van der Waals surface area contributed by atoms with E-state index in [-0.39, 0.29) is 14.9 Å². The zero-order valence-corrected chi connectivity index (χ0v) is 12.7. The van der Waals surface area contributed by atoms with Crippen molar-refractivity contribution >= 4 is 39.2 Å². The van der Waals surface area contributed by atoms with Crippen molar-refractivity contribution in [2.24, 2.45) is 5.92 Å². The summed E-state index contributed by atoms with van der Waals surface area (Å²) in [6.45, 7) is 0. The first-order chi connectivity index (χ1) is 9.33. The summed E-state index contributed by atoms with van der Waals surface area (Å²) in [6.07, 6.45) is 1.63. The summed E-state index contributed by atoms with van der Waals surface area (Å²) in [7, 11) is -3.89. The van der Waals surface area contributed by atoms with E-state index >= 15 is 0 Å². The quantitative estimate of drug-likeness (QED) is 0.884. The summed E-state index contributed by atoms with van der Waals surface area (Å²) in [5.74, 6) is -1.70. The van der Waals surface area contributed by atoms with Crippen LogP contribution in [0.25, 0.3) is 0 Å². The van der Waals surface area contributed by atoms with Crippen molar-refractivity contribution in [1.29, 1.82) is 0 Å². The molecule has 0 amide bonds. The smallest absolute Gasteiger partial charge is 0.308 e. The van der Waals surface area contributed by atoms with E-state index in [4.69, 9.17) is 28.3 Å². The van der Waals surface area contributed by atoms with Gasteiger partial charge in [0.25, 0.3) is 0 Å². The number of halogens is 2. The molecule has 1 aromatic carbocycles. The minimum atomic E-state index is -3.89. The van der Waals surface area contributed by atoms with Gasteiger partial charge in [-0.15, -0.1) is 0 Å². The molecule has 2 unspecified atom stereocenters. The van der Waals surface area contributed by atoms with Crippen LogP contribution in [0.4, 0.5) is 0 Å². The van der Waals surface area contributed by atoms with Crippen LogP contribution in [0.2, 0.25) is 10.0 Å². The van der Waals surface area contributed by atoms with Crippen LogP contribution in [0.1, 0.15) is 19.3 Å². The molecule has 2 N–H and O–H groups in total. The highest BCUT2D eigenvalue weighted by Gasteiger charge is 2.36. The van der Waals surface area contributed by atoms with Gasteiger partial charge in [0.1, 0.15) is 4.90 Å². The Morgan fingerprint density at radius 3 is 2.65 bits per heavy atom. The Bertz CT molecular complexity index is 632. The van der Waals surface area contributed by atoms with Gasteiger partial charge in [-0.2, -0.15) is 0 Å². The number of aliphatic carboxylic acids is 1. The van der Waals surface area contributed by atoms with Gasteiger partial charge in [-0.1, -0.05) is 35.7 Å². The lowest BCUT2D eigenvalue weighted by molar-refractivity contribution is -0.141. The van der Waals surface area contributed by atoms with Gasteiger partial charge in [0.2, 0.25) is 10.0 Å². The molecular weight excluding hydrogens is 325 g/mol. The summed E-state index contributed by atoms with van der Waals surface area (Å²) in [5, 5.41) is 9.14. The van der Waals surface area contributed by atoms with Gasteiger partial charge in [0.15, 0.2) is 0 Å². The fourth-order valence-electron chi connectivity index (χ4n) is 2.35. The van der Waals surface area contributed by atoms with Gasteiger partial charge < -0.3 is 5.11 Å². The third-order valence-corrected chi connectivity index (χ3v) is 5.81. The van der Waals surface area contributed by atoms with Gasteiger partial charge >= 0.3 is 5.97 Å². The van der Waals surface area contributed by atoms with Crippen LogP contribution >= 0.6 is 23.2 Å². The molecule has 1 aliphatic carbocycles. The molecule has 5 nitrogen and oxygen atoms in total. The van der Waals surface area contributed by atoms with Crippen LogP contribution in [-0.2, 0) is 14.8 Å². The molecule has 1 fully saturated rings. The molecule has 0 heterocycles. The van der Waals surface area contributed by atoms with Crippen molar-refractivity contribution in [3.8, 4) is 0 Å². The molecule has 1 saturated carbocycles. The van der Waals surface area contributed by atoms with Crippen molar-refractivity contribution in [3.63, 3.8) is 0 Å². The maximum Gasteiger partial charge on any atom is 0.308 e. The van der Waals surface area contributed by atoms with Crippen LogP contribution in [0, 0.1) is 5.92 Å². The molecule has 8 heteroatoms. The van der Waals surface area contributed by atoms with E-state index in [1.165, 1.54) is 18.2 Å². The molecule has 1 aromatic rings. The van der Waals surface area contributed by atoms with Crippen LogP contribution in [0.3, 0.4) is 0 Å². The molecule has 0 aliphatic heterocycles. The second kappa shape index (κ2) is 5.89. The van der Waals surface area contributed by atoms with Gasteiger partial charge in [-0.25, -0.2) is 13.1 Å². The summed E-state index contributed by atoms with van der Waals surface area (Å²) in [5.41, 5.74) is 0. The fraction of sp³-hybridized carbons (Fsp3) is 0.417. The largest absolute Gasteiger partial charge is 0.481 e. The maximum absolute atomic E-state index is 12.3. The van der Waals surface area contributed by atoms with Crippen molar-refractivity contribution in [2.45, 2.75) is 30.2 Å². The Balaban J connectivity index is 2.28. The zero-order valence-electron chi connectivity index (χ0n) is 10.3. The topological polar surface area (TPSA) is 83.5 Å². The molecule has 110 valence electrons. The van der Waals surface area contributed by atoms with Gasteiger partial charge in [0, 0.05) is 6.04 Å². The highest BCUT2D eigenvalue weighted by atomic mass is 35.5. The number of nitrogens with one attached hydrogen (secondary N) is 1. The Labute approximate surface area is 126 Å².